The summed E-state index contributed by atoms with van der Waals surface area (Å²) < 4.78 is 15.5. The molecule has 0 saturated carbocycles. The summed E-state index contributed by atoms with van der Waals surface area (Å²) in [7, 11) is -4.26. The van der Waals surface area contributed by atoms with Crippen LogP contribution >= 0.6 is 32.7 Å². The monoisotopic (exact) mass is 314 g/mol. The fourth-order valence-electron chi connectivity index (χ4n) is 1.62. The van der Waals surface area contributed by atoms with Gasteiger partial charge in [-0.15, -0.1) is 12.6 Å². The van der Waals surface area contributed by atoms with E-state index >= 15 is 0 Å². The van der Waals surface area contributed by atoms with Crippen LogP contribution in [0.2, 0.25) is 0 Å². The Labute approximate surface area is 120 Å². The number of phosphoric ester groups is 1. The first kappa shape index (κ1) is 18.6. The molecule has 0 spiro atoms. The summed E-state index contributed by atoms with van der Waals surface area (Å²) >= 11 is 8.95. The SMILES string of the molecule is O=P(O)(O)OCCCCCCCCCCC(=S)S. The van der Waals surface area contributed by atoms with Crippen LogP contribution in [0.25, 0.3) is 0 Å². The van der Waals surface area contributed by atoms with Crippen LogP contribution in [0.1, 0.15) is 57.8 Å². The van der Waals surface area contributed by atoms with E-state index in [0.29, 0.717) is 6.42 Å². The maximum absolute atomic E-state index is 10.4. The molecule has 0 heterocycles. The molecule has 0 rings (SSSR count). The molecule has 0 aromatic rings. The van der Waals surface area contributed by atoms with E-state index in [4.69, 9.17) is 22.0 Å². The number of phosphoric acid groups is 1. The van der Waals surface area contributed by atoms with Crippen LogP contribution in [-0.2, 0) is 9.09 Å². The van der Waals surface area contributed by atoms with E-state index in [-0.39, 0.29) is 6.61 Å². The summed E-state index contributed by atoms with van der Waals surface area (Å²) in [5.74, 6) is 0. The van der Waals surface area contributed by atoms with Gasteiger partial charge in [0.1, 0.15) is 0 Å². The van der Waals surface area contributed by atoms with E-state index in [9.17, 15) is 4.57 Å². The van der Waals surface area contributed by atoms with E-state index in [1.165, 1.54) is 25.7 Å². The first-order valence-electron chi connectivity index (χ1n) is 6.34. The van der Waals surface area contributed by atoms with E-state index in [0.717, 1.165) is 29.9 Å². The standard InChI is InChI=1S/C11H23O4PS2/c12-16(13,14)15-10-8-6-4-2-1-3-5-7-9-11(17)18/h1-10H2,(H,17,18)(H2,12,13,14). The highest BCUT2D eigenvalue weighted by Crippen LogP contribution is 2.35. The van der Waals surface area contributed by atoms with Gasteiger partial charge in [0.15, 0.2) is 0 Å². The van der Waals surface area contributed by atoms with Crippen molar-refractivity contribution in [1.29, 1.82) is 0 Å². The van der Waals surface area contributed by atoms with Crippen molar-refractivity contribution in [2.75, 3.05) is 6.61 Å². The van der Waals surface area contributed by atoms with E-state index in [1.807, 2.05) is 0 Å². The fourth-order valence-corrected chi connectivity index (χ4v) is 2.29. The number of hydrogen-bond donors (Lipinski definition) is 3. The maximum Gasteiger partial charge on any atom is 0.469 e. The molecule has 0 unspecified atom stereocenters. The Morgan fingerprint density at radius 1 is 1.00 bits per heavy atom. The molecular formula is C11H23O4PS2. The smallest absolute Gasteiger partial charge is 0.303 e. The summed E-state index contributed by atoms with van der Waals surface area (Å²) in [4.78, 5) is 16.9. The second-order valence-electron chi connectivity index (χ2n) is 4.30. The minimum absolute atomic E-state index is 0.143. The molecule has 7 heteroatoms. The normalized spacial score (nSPS) is 11.7. The van der Waals surface area contributed by atoms with Crippen molar-refractivity contribution >= 4 is 36.9 Å². The molecule has 0 amide bonds. The van der Waals surface area contributed by atoms with Crippen molar-refractivity contribution in [2.45, 2.75) is 57.8 Å². The van der Waals surface area contributed by atoms with E-state index in [2.05, 4.69) is 17.2 Å². The zero-order chi connectivity index (χ0) is 13.9. The molecule has 18 heavy (non-hydrogen) atoms. The number of thiol groups is 1. The molecule has 4 nitrogen and oxygen atoms in total. The molecule has 2 N–H and O–H groups in total. The van der Waals surface area contributed by atoms with Gasteiger partial charge >= 0.3 is 7.82 Å². The Hall–Kier alpha value is 0.550. The third-order valence-electron chi connectivity index (χ3n) is 2.54. The average Bonchev–Trinajstić information content (AvgIpc) is 2.24. The summed E-state index contributed by atoms with van der Waals surface area (Å²) in [6.45, 7) is 0.143. The van der Waals surface area contributed by atoms with Gasteiger partial charge in [-0.3, -0.25) is 4.52 Å². The lowest BCUT2D eigenvalue weighted by Gasteiger charge is -2.05. The van der Waals surface area contributed by atoms with Crippen molar-refractivity contribution in [3.8, 4) is 0 Å². The third kappa shape index (κ3) is 16.6. The fraction of sp³-hybridized carbons (Fsp3) is 0.909. The van der Waals surface area contributed by atoms with Gasteiger partial charge in [-0.2, -0.15) is 0 Å². The lowest BCUT2D eigenvalue weighted by Crippen LogP contribution is -1.92. The molecule has 0 aromatic carbocycles. The molecule has 0 aliphatic heterocycles. The van der Waals surface area contributed by atoms with Crippen molar-refractivity contribution in [2.24, 2.45) is 0 Å². The molecule has 0 radical (unpaired) electrons. The first-order chi connectivity index (χ1) is 8.42. The topological polar surface area (TPSA) is 66.8 Å². The van der Waals surface area contributed by atoms with Crippen LogP contribution in [0.3, 0.4) is 0 Å². The van der Waals surface area contributed by atoms with Crippen LogP contribution in [0, 0.1) is 0 Å². The quantitative estimate of drug-likeness (QED) is 0.221. The predicted molar refractivity (Wildman–Crippen MR) is 81.1 cm³/mol. The summed E-state index contributed by atoms with van der Waals surface area (Å²) in [6, 6.07) is 0. The lowest BCUT2D eigenvalue weighted by atomic mass is 10.1. The number of hydrogen-bond acceptors (Lipinski definition) is 3. The maximum atomic E-state index is 10.4. The van der Waals surface area contributed by atoms with Crippen molar-refractivity contribution in [3.05, 3.63) is 0 Å². The van der Waals surface area contributed by atoms with Gasteiger partial charge in [0.2, 0.25) is 0 Å². The van der Waals surface area contributed by atoms with Crippen molar-refractivity contribution in [1.82, 2.24) is 0 Å². The Morgan fingerprint density at radius 2 is 1.44 bits per heavy atom. The molecule has 0 aliphatic rings. The van der Waals surface area contributed by atoms with Gasteiger partial charge in [0, 0.05) is 4.20 Å². The Kier molecular flexibility index (Phi) is 11.7. The zero-order valence-electron chi connectivity index (χ0n) is 10.6. The molecule has 0 fully saturated rings. The Balaban J connectivity index is 3.08. The number of thiocarbonyl (C=S) groups is 1. The first-order valence-corrected chi connectivity index (χ1v) is 8.72. The van der Waals surface area contributed by atoms with Gasteiger partial charge < -0.3 is 9.79 Å². The van der Waals surface area contributed by atoms with Crippen LogP contribution in [0.5, 0.6) is 0 Å². The van der Waals surface area contributed by atoms with Gasteiger partial charge in [-0.05, 0) is 19.3 Å². The molecular weight excluding hydrogens is 291 g/mol. The summed E-state index contributed by atoms with van der Waals surface area (Å²) in [5.41, 5.74) is 0. The largest absolute Gasteiger partial charge is 0.469 e. The molecule has 0 aromatic heterocycles. The van der Waals surface area contributed by atoms with Gasteiger partial charge in [-0.1, -0.05) is 50.7 Å². The molecule has 0 atom stereocenters. The third-order valence-corrected chi connectivity index (χ3v) is 3.49. The summed E-state index contributed by atoms with van der Waals surface area (Å²) in [5, 5.41) is 0. The Morgan fingerprint density at radius 3 is 1.89 bits per heavy atom. The van der Waals surface area contributed by atoms with Gasteiger partial charge in [-0.25, -0.2) is 4.57 Å². The van der Waals surface area contributed by atoms with E-state index in [1.54, 1.807) is 0 Å². The highest BCUT2D eigenvalue weighted by atomic mass is 32.1. The van der Waals surface area contributed by atoms with Crippen molar-refractivity contribution < 1.29 is 18.9 Å². The predicted octanol–water partition coefficient (Wildman–Crippen LogP) is 3.86. The highest BCUT2D eigenvalue weighted by Gasteiger charge is 2.12. The van der Waals surface area contributed by atoms with Gasteiger partial charge in [0.25, 0.3) is 0 Å². The van der Waals surface area contributed by atoms with Crippen LogP contribution in [0.4, 0.5) is 0 Å². The van der Waals surface area contributed by atoms with E-state index < -0.39 is 7.82 Å². The van der Waals surface area contributed by atoms with Crippen LogP contribution in [0.15, 0.2) is 0 Å². The molecule has 108 valence electrons. The van der Waals surface area contributed by atoms with Gasteiger partial charge in [0.05, 0.1) is 6.61 Å². The average molecular weight is 314 g/mol. The molecule has 0 bridgehead atoms. The zero-order valence-corrected chi connectivity index (χ0v) is 13.2. The lowest BCUT2D eigenvalue weighted by molar-refractivity contribution is 0.193. The summed E-state index contributed by atoms with van der Waals surface area (Å²) in [6.07, 6.45) is 9.60. The second kappa shape index (κ2) is 11.4. The minimum Gasteiger partial charge on any atom is -0.303 e. The van der Waals surface area contributed by atoms with Crippen molar-refractivity contribution in [3.63, 3.8) is 0 Å². The van der Waals surface area contributed by atoms with Crippen LogP contribution in [-0.4, -0.2) is 20.6 Å². The highest BCUT2D eigenvalue weighted by molar-refractivity contribution is 8.11. The Bertz CT molecular complexity index is 268. The van der Waals surface area contributed by atoms with Crippen LogP contribution < -0.4 is 0 Å². The second-order valence-corrected chi connectivity index (χ2v) is 6.87. The molecule has 0 aliphatic carbocycles. The minimum atomic E-state index is -4.26. The number of unbranched alkanes of at least 4 members (excludes halogenated alkanes) is 7. The molecule has 0 saturated heterocycles. The number of rotatable bonds is 12.